The van der Waals surface area contributed by atoms with Gasteiger partial charge < -0.3 is 10.4 Å². The number of non-ortho nitro benzene ring substituents is 1. The van der Waals surface area contributed by atoms with Gasteiger partial charge >= 0.3 is 0 Å². The number of thiazole rings is 1. The van der Waals surface area contributed by atoms with E-state index in [-0.39, 0.29) is 24.2 Å². The summed E-state index contributed by atoms with van der Waals surface area (Å²) >= 11 is 1.27. The molecule has 0 spiro atoms. The van der Waals surface area contributed by atoms with Gasteiger partial charge in [0, 0.05) is 35.7 Å². The maximum Gasteiger partial charge on any atom is 0.271 e. The van der Waals surface area contributed by atoms with E-state index in [1.54, 1.807) is 17.5 Å². The standard InChI is InChI=1S/C16H17N3O4S/c20-7-6-13(10-4-5-10)17-15(21)14-9-24-16(18-14)11-2-1-3-12(8-11)19(22)23/h1-3,8-10,13,20H,4-7H2,(H,17,21). The summed E-state index contributed by atoms with van der Waals surface area (Å²) in [5.74, 6) is 0.171. The third kappa shape index (κ3) is 3.77. The number of aromatic nitrogens is 1. The molecule has 1 unspecified atom stereocenters. The fourth-order valence-electron chi connectivity index (χ4n) is 2.57. The highest BCUT2D eigenvalue weighted by Gasteiger charge is 2.32. The van der Waals surface area contributed by atoms with Crippen LogP contribution >= 0.6 is 11.3 Å². The van der Waals surface area contributed by atoms with Gasteiger partial charge in [-0.3, -0.25) is 14.9 Å². The molecule has 2 N–H and O–H groups in total. The minimum Gasteiger partial charge on any atom is -0.396 e. The van der Waals surface area contributed by atoms with Crippen molar-refractivity contribution in [3.8, 4) is 10.6 Å². The zero-order valence-corrected chi connectivity index (χ0v) is 13.7. The molecule has 0 saturated heterocycles. The molecule has 126 valence electrons. The van der Waals surface area contributed by atoms with Crippen LogP contribution in [0.1, 0.15) is 29.8 Å². The Morgan fingerprint density at radius 1 is 1.50 bits per heavy atom. The lowest BCUT2D eigenvalue weighted by Gasteiger charge is -2.16. The first-order valence-corrected chi connectivity index (χ1v) is 8.58. The number of aliphatic hydroxyl groups is 1. The second kappa shape index (κ2) is 7.06. The second-order valence-electron chi connectivity index (χ2n) is 5.78. The molecular weight excluding hydrogens is 330 g/mol. The Balaban J connectivity index is 1.74. The average Bonchev–Trinajstić information content (AvgIpc) is 3.30. The van der Waals surface area contributed by atoms with Crippen molar-refractivity contribution in [3.63, 3.8) is 0 Å². The van der Waals surface area contributed by atoms with Gasteiger partial charge in [-0.25, -0.2) is 4.98 Å². The van der Waals surface area contributed by atoms with Crippen LogP contribution in [0.2, 0.25) is 0 Å². The van der Waals surface area contributed by atoms with Gasteiger partial charge in [0.1, 0.15) is 10.7 Å². The fraction of sp³-hybridized carbons (Fsp3) is 0.375. The summed E-state index contributed by atoms with van der Waals surface area (Å²) < 4.78 is 0. The van der Waals surface area contributed by atoms with Crippen LogP contribution in [0.3, 0.4) is 0 Å². The molecule has 0 bridgehead atoms. The monoisotopic (exact) mass is 347 g/mol. The predicted octanol–water partition coefficient (Wildman–Crippen LogP) is 2.61. The van der Waals surface area contributed by atoms with Crippen molar-refractivity contribution in [1.29, 1.82) is 0 Å². The van der Waals surface area contributed by atoms with E-state index in [1.807, 2.05) is 0 Å². The van der Waals surface area contributed by atoms with E-state index >= 15 is 0 Å². The van der Waals surface area contributed by atoms with Crippen LogP contribution < -0.4 is 5.32 Å². The highest BCUT2D eigenvalue weighted by Crippen LogP contribution is 2.34. The number of nitro benzene ring substituents is 1. The number of hydrogen-bond donors (Lipinski definition) is 2. The van der Waals surface area contributed by atoms with E-state index < -0.39 is 4.92 Å². The molecule has 0 radical (unpaired) electrons. The highest BCUT2D eigenvalue weighted by molar-refractivity contribution is 7.13. The van der Waals surface area contributed by atoms with E-state index in [4.69, 9.17) is 5.11 Å². The van der Waals surface area contributed by atoms with Crippen molar-refractivity contribution >= 4 is 22.9 Å². The summed E-state index contributed by atoms with van der Waals surface area (Å²) in [4.78, 5) is 27.0. The van der Waals surface area contributed by atoms with E-state index in [9.17, 15) is 14.9 Å². The van der Waals surface area contributed by atoms with E-state index in [0.29, 0.717) is 28.6 Å². The van der Waals surface area contributed by atoms with Gasteiger partial charge in [0.25, 0.3) is 11.6 Å². The predicted molar refractivity (Wildman–Crippen MR) is 89.9 cm³/mol. The summed E-state index contributed by atoms with van der Waals surface area (Å²) in [6, 6.07) is 6.16. The van der Waals surface area contributed by atoms with Crippen LogP contribution in [-0.4, -0.2) is 33.6 Å². The number of amides is 1. The molecule has 7 nitrogen and oxygen atoms in total. The molecule has 1 aromatic carbocycles. The number of hydrogen-bond acceptors (Lipinski definition) is 6. The molecule has 1 fully saturated rings. The SMILES string of the molecule is O=C(NC(CCO)C1CC1)c1csc(-c2cccc([N+](=O)[O-])c2)n1. The zero-order chi connectivity index (χ0) is 17.1. The maximum atomic E-state index is 12.3. The van der Waals surface area contributed by atoms with Gasteiger partial charge in [0.15, 0.2) is 0 Å². The Hall–Kier alpha value is -2.32. The van der Waals surface area contributed by atoms with Gasteiger partial charge in [-0.1, -0.05) is 12.1 Å². The Morgan fingerprint density at radius 3 is 2.96 bits per heavy atom. The average molecular weight is 347 g/mol. The number of benzene rings is 1. The lowest BCUT2D eigenvalue weighted by molar-refractivity contribution is -0.384. The Labute approximate surface area is 142 Å². The topological polar surface area (TPSA) is 105 Å². The summed E-state index contributed by atoms with van der Waals surface area (Å²) in [5.41, 5.74) is 0.901. The first-order chi connectivity index (χ1) is 11.6. The van der Waals surface area contributed by atoms with E-state index in [0.717, 1.165) is 12.8 Å². The number of nitrogens with one attached hydrogen (secondary N) is 1. The summed E-state index contributed by atoms with van der Waals surface area (Å²) in [7, 11) is 0. The van der Waals surface area contributed by atoms with Gasteiger partial charge in [-0.2, -0.15) is 0 Å². The Bertz CT molecular complexity index is 757. The molecule has 1 atom stereocenters. The molecule has 3 rings (SSSR count). The molecule has 1 aliphatic carbocycles. The third-order valence-electron chi connectivity index (χ3n) is 3.99. The number of nitro groups is 1. The molecule has 1 aliphatic rings. The van der Waals surface area contributed by atoms with Gasteiger partial charge in [-0.05, 0) is 25.2 Å². The summed E-state index contributed by atoms with van der Waals surface area (Å²) in [5, 5.41) is 25.1. The van der Waals surface area contributed by atoms with Crippen molar-refractivity contribution < 1.29 is 14.8 Å². The molecule has 1 saturated carbocycles. The maximum absolute atomic E-state index is 12.3. The molecule has 8 heteroatoms. The van der Waals surface area contributed by atoms with Crippen molar-refractivity contribution in [2.45, 2.75) is 25.3 Å². The van der Waals surface area contributed by atoms with Crippen molar-refractivity contribution in [3.05, 3.63) is 45.5 Å². The van der Waals surface area contributed by atoms with Crippen LogP contribution in [-0.2, 0) is 0 Å². The van der Waals surface area contributed by atoms with Crippen LogP contribution in [0, 0.1) is 16.0 Å². The van der Waals surface area contributed by atoms with Crippen LogP contribution in [0.15, 0.2) is 29.6 Å². The minimum atomic E-state index is -0.458. The third-order valence-corrected chi connectivity index (χ3v) is 4.88. The van der Waals surface area contributed by atoms with Gasteiger partial charge in [-0.15, -0.1) is 11.3 Å². The number of rotatable bonds is 7. The van der Waals surface area contributed by atoms with Crippen LogP contribution in [0.25, 0.3) is 10.6 Å². The molecule has 2 aromatic rings. The lowest BCUT2D eigenvalue weighted by Crippen LogP contribution is -2.37. The van der Waals surface area contributed by atoms with Crippen molar-refractivity contribution in [1.82, 2.24) is 10.3 Å². The molecular formula is C16H17N3O4S. The van der Waals surface area contributed by atoms with Crippen molar-refractivity contribution in [2.24, 2.45) is 5.92 Å². The van der Waals surface area contributed by atoms with E-state index in [1.165, 1.54) is 23.5 Å². The minimum absolute atomic E-state index is 0.00885. The second-order valence-corrected chi connectivity index (χ2v) is 6.63. The Morgan fingerprint density at radius 2 is 2.29 bits per heavy atom. The lowest BCUT2D eigenvalue weighted by atomic mass is 10.1. The number of carbonyl (C=O) groups is 1. The quantitative estimate of drug-likeness (QED) is 0.591. The summed E-state index contributed by atoms with van der Waals surface area (Å²) in [6.45, 7) is 0.0391. The largest absolute Gasteiger partial charge is 0.396 e. The normalized spacial score (nSPS) is 15.0. The van der Waals surface area contributed by atoms with Gasteiger partial charge in [0.2, 0.25) is 0 Å². The van der Waals surface area contributed by atoms with Crippen LogP contribution in [0.4, 0.5) is 5.69 Å². The molecule has 24 heavy (non-hydrogen) atoms. The number of carbonyl (C=O) groups excluding carboxylic acids is 1. The first-order valence-electron chi connectivity index (χ1n) is 7.70. The van der Waals surface area contributed by atoms with Gasteiger partial charge in [0.05, 0.1) is 4.92 Å². The molecule has 1 heterocycles. The molecule has 0 aliphatic heterocycles. The van der Waals surface area contributed by atoms with E-state index in [2.05, 4.69) is 10.3 Å². The number of nitrogens with zero attached hydrogens (tertiary/aromatic N) is 2. The zero-order valence-electron chi connectivity index (χ0n) is 12.8. The molecule has 1 aromatic heterocycles. The molecule has 1 amide bonds. The first kappa shape index (κ1) is 16.5. The van der Waals surface area contributed by atoms with Crippen LogP contribution in [0.5, 0.6) is 0 Å². The summed E-state index contributed by atoms with van der Waals surface area (Å²) in [6.07, 6.45) is 2.68. The Kier molecular flexibility index (Phi) is 4.86. The van der Waals surface area contributed by atoms with Crippen molar-refractivity contribution in [2.75, 3.05) is 6.61 Å². The highest BCUT2D eigenvalue weighted by atomic mass is 32.1. The smallest absolute Gasteiger partial charge is 0.271 e. The number of aliphatic hydroxyl groups excluding tert-OH is 1. The fourth-order valence-corrected chi connectivity index (χ4v) is 3.37.